The molecule has 2 aliphatic rings. The molecule has 1 spiro atoms. The van der Waals surface area contributed by atoms with Crippen molar-refractivity contribution in [2.75, 3.05) is 26.7 Å². The number of amides is 1. The van der Waals surface area contributed by atoms with Crippen LogP contribution in [0.15, 0.2) is 46.9 Å². The standard InChI is InChI=1S/C21H22N2O3/c1-22-13-21(26-20(22)24)10-5-11-23(14-21)12-15-6-4-8-17-16-7-2-3-9-18(16)25-19(15)17/h2-4,6-9H,5,10-14H2,1H3/t21-/m1/s1. The monoisotopic (exact) mass is 350 g/mol. The van der Waals surface area contributed by atoms with E-state index in [9.17, 15) is 4.79 Å². The Bertz CT molecular complexity index is 995. The van der Waals surface area contributed by atoms with E-state index < -0.39 is 0 Å². The molecule has 1 aromatic heterocycles. The summed E-state index contributed by atoms with van der Waals surface area (Å²) >= 11 is 0. The Hall–Kier alpha value is -2.53. The second kappa shape index (κ2) is 5.74. The summed E-state index contributed by atoms with van der Waals surface area (Å²) in [7, 11) is 1.81. The predicted octanol–water partition coefficient (Wildman–Crippen LogP) is 4.00. The molecule has 0 aliphatic carbocycles. The fraction of sp³-hybridized carbons (Fsp3) is 0.381. The maximum atomic E-state index is 11.9. The number of ether oxygens (including phenoxy) is 1. The molecular formula is C21H22N2O3. The normalized spacial score (nSPS) is 24.0. The van der Waals surface area contributed by atoms with Crippen molar-refractivity contribution < 1.29 is 13.9 Å². The Labute approximate surface area is 152 Å². The molecule has 5 rings (SSSR count). The van der Waals surface area contributed by atoms with Crippen molar-refractivity contribution in [2.45, 2.75) is 25.0 Å². The number of hydrogen-bond donors (Lipinski definition) is 0. The molecule has 5 heteroatoms. The summed E-state index contributed by atoms with van der Waals surface area (Å²) in [6.45, 7) is 3.27. The van der Waals surface area contributed by atoms with Crippen molar-refractivity contribution in [1.29, 1.82) is 0 Å². The Balaban J connectivity index is 1.45. The average Bonchev–Trinajstić information content (AvgIpc) is 3.13. The van der Waals surface area contributed by atoms with Gasteiger partial charge in [-0.25, -0.2) is 4.79 Å². The summed E-state index contributed by atoms with van der Waals surface area (Å²) in [5.41, 5.74) is 2.73. The van der Waals surface area contributed by atoms with Crippen LogP contribution in [-0.2, 0) is 11.3 Å². The summed E-state index contributed by atoms with van der Waals surface area (Å²) in [5, 5.41) is 2.32. The van der Waals surface area contributed by atoms with E-state index in [1.54, 1.807) is 4.90 Å². The Morgan fingerprint density at radius 1 is 1.08 bits per heavy atom. The van der Waals surface area contributed by atoms with Gasteiger partial charge in [0.1, 0.15) is 16.8 Å². The zero-order valence-electron chi connectivity index (χ0n) is 14.9. The van der Waals surface area contributed by atoms with Gasteiger partial charge >= 0.3 is 6.09 Å². The molecule has 0 N–H and O–H groups in total. The van der Waals surface area contributed by atoms with Crippen molar-refractivity contribution >= 4 is 28.0 Å². The highest BCUT2D eigenvalue weighted by Gasteiger charge is 2.46. The zero-order chi connectivity index (χ0) is 17.7. The molecule has 2 aliphatic heterocycles. The van der Waals surface area contributed by atoms with Gasteiger partial charge in [0, 0.05) is 36.5 Å². The molecule has 2 saturated heterocycles. The van der Waals surface area contributed by atoms with E-state index >= 15 is 0 Å². The minimum atomic E-state index is -0.355. The van der Waals surface area contributed by atoms with Crippen LogP contribution in [0.4, 0.5) is 4.79 Å². The highest BCUT2D eigenvalue weighted by Crippen LogP contribution is 2.34. The number of benzene rings is 2. The topological polar surface area (TPSA) is 45.9 Å². The summed E-state index contributed by atoms with van der Waals surface area (Å²) in [5.74, 6) is 0. The number of furan rings is 1. The molecule has 3 aromatic rings. The van der Waals surface area contributed by atoms with E-state index in [1.165, 1.54) is 5.56 Å². The number of piperidine rings is 1. The van der Waals surface area contributed by atoms with Gasteiger partial charge in [-0.2, -0.15) is 0 Å². The van der Waals surface area contributed by atoms with Crippen LogP contribution in [-0.4, -0.2) is 48.2 Å². The molecule has 2 fully saturated rings. The lowest BCUT2D eigenvalue weighted by molar-refractivity contribution is -0.0113. The molecule has 0 bridgehead atoms. The molecule has 26 heavy (non-hydrogen) atoms. The van der Waals surface area contributed by atoms with Gasteiger partial charge in [-0.05, 0) is 25.5 Å². The van der Waals surface area contributed by atoms with E-state index in [1.807, 2.05) is 25.2 Å². The van der Waals surface area contributed by atoms with E-state index in [2.05, 4.69) is 29.2 Å². The van der Waals surface area contributed by atoms with Crippen molar-refractivity contribution in [3.05, 3.63) is 48.0 Å². The molecule has 5 nitrogen and oxygen atoms in total. The lowest BCUT2D eigenvalue weighted by Crippen LogP contribution is -2.50. The number of rotatable bonds is 2. The van der Waals surface area contributed by atoms with Gasteiger partial charge in [0.05, 0.1) is 6.54 Å². The number of likely N-dealkylation sites (N-methyl/N-ethyl adjacent to an activating group) is 1. The molecular weight excluding hydrogens is 328 g/mol. The molecule has 3 heterocycles. The number of nitrogens with zero attached hydrogens (tertiary/aromatic N) is 2. The van der Waals surface area contributed by atoms with Crippen LogP contribution in [0.25, 0.3) is 21.9 Å². The third-order valence-corrected chi connectivity index (χ3v) is 5.64. The molecule has 1 atom stereocenters. The van der Waals surface area contributed by atoms with Crippen LogP contribution >= 0.6 is 0 Å². The van der Waals surface area contributed by atoms with Crippen LogP contribution in [0.1, 0.15) is 18.4 Å². The van der Waals surface area contributed by atoms with E-state index in [0.717, 1.165) is 54.4 Å². The summed E-state index contributed by atoms with van der Waals surface area (Å²) in [6, 6.07) is 14.5. The zero-order valence-corrected chi connectivity index (χ0v) is 14.9. The molecule has 0 saturated carbocycles. The number of likely N-dealkylation sites (tertiary alicyclic amines) is 1. The average molecular weight is 350 g/mol. The molecule has 1 amide bonds. The first-order chi connectivity index (χ1) is 12.6. The summed E-state index contributed by atoms with van der Waals surface area (Å²) in [4.78, 5) is 15.9. The minimum Gasteiger partial charge on any atom is -0.456 e. The fourth-order valence-electron chi connectivity index (χ4n) is 4.50. The largest absolute Gasteiger partial charge is 0.456 e. The van der Waals surface area contributed by atoms with Crippen molar-refractivity contribution in [2.24, 2.45) is 0 Å². The lowest BCUT2D eigenvalue weighted by Gasteiger charge is -2.38. The van der Waals surface area contributed by atoms with E-state index in [-0.39, 0.29) is 11.7 Å². The second-order valence-corrected chi connectivity index (χ2v) is 7.61. The highest BCUT2D eigenvalue weighted by atomic mass is 16.6. The number of para-hydroxylation sites is 2. The first-order valence-electron chi connectivity index (χ1n) is 9.19. The quantitative estimate of drug-likeness (QED) is 0.701. The highest BCUT2D eigenvalue weighted by molar-refractivity contribution is 6.05. The Morgan fingerprint density at radius 3 is 2.77 bits per heavy atom. The van der Waals surface area contributed by atoms with Crippen LogP contribution in [0.5, 0.6) is 0 Å². The molecule has 2 aromatic carbocycles. The van der Waals surface area contributed by atoms with Gasteiger partial charge in [0.2, 0.25) is 0 Å². The van der Waals surface area contributed by atoms with Crippen LogP contribution in [0.2, 0.25) is 0 Å². The third-order valence-electron chi connectivity index (χ3n) is 5.64. The van der Waals surface area contributed by atoms with Gasteiger partial charge in [0.25, 0.3) is 0 Å². The summed E-state index contributed by atoms with van der Waals surface area (Å²) in [6.07, 6.45) is 1.78. The van der Waals surface area contributed by atoms with Gasteiger partial charge in [-0.15, -0.1) is 0 Å². The lowest BCUT2D eigenvalue weighted by atomic mass is 9.92. The maximum Gasteiger partial charge on any atom is 0.410 e. The Morgan fingerprint density at radius 2 is 1.92 bits per heavy atom. The maximum absolute atomic E-state index is 11.9. The smallest absolute Gasteiger partial charge is 0.410 e. The third kappa shape index (κ3) is 2.46. The second-order valence-electron chi connectivity index (χ2n) is 7.61. The number of carbonyl (C=O) groups excluding carboxylic acids is 1. The number of carbonyl (C=O) groups is 1. The Kier molecular flexibility index (Phi) is 3.47. The number of fused-ring (bicyclic) bond motifs is 3. The van der Waals surface area contributed by atoms with Gasteiger partial charge < -0.3 is 14.1 Å². The predicted molar refractivity (Wildman–Crippen MR) is 100 cm³/mol. The molecule has 134 valence electrons. The van der Waals surface area contributed by atoms with E-state index in [4.69, 9.17) is 9.15 Å². The fourth-order valence-corrected chi connectivity index (χ4v) is 4.50. The molecule has 0 unspecified atom stereocenters. The summed E-state index contributed by atoms with van der Waals surface area (Å²) < 4.78 is 11.9. The van der Waals surface area contributed by atoms with Gasteiger partial charge in [-0.3, -0.25) is 4.90 Å². The molecule has 0 radical (unpaired) electrons. The van der Waals surface area contributed by atoms with Crippen LogP contribution in [0, 0.1) is 0 Å². The SMILES string of the molecule is CN1C[C@@]2(CCCN(Cc3cccc4c3oc3ccccc34)C2)OC1=O. The van der Waals surface area contributed by atoms with Gasteiger partial charge in [-0.1, -0.05) is 36.4 Å². The van der Waals surface area contributed by atoms with Crippen LogP contribution in [0.3, 0.4) is 0 Å². The van der Waals surface area contributed by atoms with E-state index in [0.29, 0.717) is 6.54 Å². The van der Waals surface area contributed by atoms with Crippen molar-refractivity contribution in [3.63, 3.8) is 0 Å². The first kappa shape index (κ1) is 15.7. The minimum absolute atomic E-state index is 0.203. The first-order valence-corrected chi connectivity index (χ1v) is 9.19. The van der Waals surface area contributed by atoms with Crippen molar-refractivity contribution in [1.82, 2.24) is 9.80 Å². The van der Waals surface area contributed by atoms with Gasteiger partial charge in [0.15, 0.2) is 0 Å². The number of hydrogen-bond acceptors (Lipinski definition) is 4. The van der Waals surface area contributed by atoms with Crippen LogP contribution < -0.4 is 0 Å². The van der Waals surface area contributed by atoms with Crippen molar-refractivity contribution in [3.8, 4) is 0 Å².